The Labute approximate surface area is 369 Å². The minimum Gasteiger partial charge on any atom is -0.450 e. The zero-order valence-electron chi connectivity index (χ0n) is 35.4. The van der Waals surface area contributed by atoms with Gasteiger partial charge in [0.1, 0.15) is 42.7 Å². The maximum absolute atomic E-state index is 14.0. The van der Waals surface area contributed by atoms with E-state index >= 15 is 0 Å². The quantitative estimate of drug-likeness (QED) is 0.0557. The first-order valence-electron chi connectivity index (χ1n) is 21.2. The molecule has 0 aliphatic carbocycles. The van der Waals surface area contributed by atoms with Gasteiger partial charge in [-0.1, -0.05) is 146 Å². The van der Waals surface area contributed by atoms with Gasteiger partial charge in [0, 0.05) is 7.11 Å². The number of esters is 1. The number of hydrogen-bond donors (Lipinski definition) is 1. The molecule has 2 aliphatic heterocycles. The van der Waals surface area contributed by atoms with Crippen LogP contribution in [0.2, 0.25) is 0 Å². The first-order chi connectivity index (χ1) is 31.0. The number of methoxy groups -OCH3 is 1. The van der Waals surface area contributed by atoms with Crippen LogP contribution in [0.25, 0.3) is 0 Å². The molecule has 0 amide bonds. The van der Waals surface area contributed by atoms with Crippen molar-refractivity contribution < 1.29 is 57.3 Å². The number of benzene rings is 5. The number of carbonyl (C=O) groups is 1. The lowest BCUT2D eigenvalue weighted by Gasteiger charge is -2.47. The van der Waals surface area contributed by atoms with Crippen molar-refractivity contribution in [1.82, 2.24) is 0 Å². The van der Waals surface area contributed by atoms with Gasteiger partial charge in [-0.25, -0.2) is 4.79 Å². The van der Waals surface area contributed by atoms with Gasteiger partial charge in [-0.05, 0) is 34.4 Å². The van der Waals surface area contributed by atoms with Crippen molar-refractivity contribution in [3.05, 3.63) is 192 Å². The number of hydrogen-bond acceptors (Lipinski definition) is 12. The van der Waals surface area contributed by atoms with Crippen LogP contribution in [0.15, 0.2) is 164 Å². The van der Waals surface area contributed by atoms with E-state index in [1.807, 2.05) is 127 Å². The van der Waals surface area contributed by atoms with Gasteiger partial charge in [0.2, 0.25) is 0 Å². The summed E-state index contributed by atoms with van der Waals surface area (Å²) in [5.41, 5.74) is 4.05. The fraction of sp³-hybridized carbons (Fsp3) is 0.353. The molecule has 5 aromatic carbocycles. The monoisotopic (exact) mass is 860 g/mol. The fourth-order valence-electron chi connectivity index (χ4n) is 7.58. The molecule has 5 aromatic rings. The van der Waals surface area contributed by atoms with Crippen LogP contribution in [0.1, 0.15) is 32.6 Å². The van der Waals surface area contributed by atoms with Crippen LogP contribution in [0, 0.1) is 0 Å². The SMILES string of the molecule is C=CCO[C@H]1[C@H](OCc2ccccc2)[C@H](O)[C@@H](OC)O[C@@H]1CO[C@@H]1O[C@H](COCc2ccccc2)[C@@H](OCc2ccccc2)[C@H](OCc2ccccc2)[C@H]1OC(=O)c1ccccc1. The van der Waals surface area contributed by atoms with Crippen LogP contribution in [-0.4, -0.2) is 99.4 Å². The number of aliphatic hydroxyl groups is 1. The van der Waals surface area contributed by atoms with E-state index in [1.54, 1.807) is 30.3 Å². The molecule has 0 radical (unpaired) electrons. The molecular formula is C51H56O12. The van der Waals surface area contributed by atoms with E-state index in [4.69, 9.17) is 47.4 Å². The molecule has 10 atom stereocenters. The maximum Gasteiger partial charge on any atom is 0.338 e. The fourth-order valence-corrected chi connectivity index (χ4v) is 7.58. The van der Waals surface area contributed by atoms with Crippen LogP contribution >= 0.6 is 0 Å². The smallest absolute Gasteiger partial charge is 0.338 e. The molecule has 0 spiro atoms. The van der Waals surface area contributed by atoms with Crippen molar-refractivity contribution in [2.75, 3.05) is 26.9 Å². The van der Waals surface area contributed by atoms with E-state index < -0.39 is 67.4 Å². The number of carbonyl (C=O) groups excluding carboxylic acids is 1. The topological polar surface area (TPSA) is 130 Å². The minimum absolute atomic E-state index is 0.0805. The maximum atomic E-state index is 14.0. The second kappa shape index (κ2) is 24.1. The Bertz CT molecular complexity index is 2060. The van der Waals surface area contributed by atoms with Crippen molar-refractivity contribution in [3.63, 3.8) is 0 Å². The average Bonchev–Trinajstić information content (AvgIpc) is 3.33. The highest BCUT2D eigenvalue weighted by molar-refractivity contribution is 5.89. The lowest BCUT2D eigenvalue weighted by molar-refractivity contribution is -0.341. The second-order valence-corrected chi connectivity index (χ2v) is 15.3. The molecule has 12 heteroatoms. The average molecular weight is 861 g/mol. The molecule has 0 saturated carbocycles. The molecule has 0 bridgehead atoms. The summed E-state index contributed by atoms with van der Waals surface area (Å²) in [4.78, 5) is 14.0. The lowest BCUT2D eigenvalue weighted by atomic mass is 9.97. The molecule has 1 N–H and O–H groups in total. The zero-order chi connectivity index (χ0) is 43.6. The summed E-state index contributed by atoms with van der Waals surface area (Å²) in [7, 11) is 1.44. The zero-order valence-corrected chi connectivity index (χ0v) is 35.4. The third-order valence-corrected chi connectivity index (χ3v) is 10.8. The van der Waals surface area contributed by atoms with E-state index in [2.05, 4.69) is 6.58 Å². The standard InChI is InChI=1S/C51H56O12/c1-3-29-56-44-42(61-50(54-2)43(52)46(44)58-32-38-23-13-6-14-24-38)35-60-51-48(63-49(53)40-27-17-8-18-28-40)47(59-33-39-25-15-7-16-26-39)45(57-31-37-21-11-5-12-22-37)41(62-51)34-55-30-36-19-9-4-10-20-36/h3-28,41-48,50-52H,1,29-35H2,2H3/t41-,42-,43+,44-,45-,46-,47+,48-,50+,51-/m1/s1. The van der Waals surface area contributed by atoms with Crippen molar-refractivity contribution in [3.8, 4) is 0 Å². The highest BCUT2D eigenvalue weighted by Gasteiger charge is 2.52. The normalized spacial score (nSPS) is 25.9. The summed E-state index contributed by atoms with van der Waals surface area (Å²) in [6, 6.07) is 47.6. The van der Waals surface area contributed by atoms with E-state index in [-0.39, 0.29) is 39.6 Å². The van der Waals surface area contributed by atoms with Gasteiger partial charge in [-0.2, -0.15) is 0 Å². The Morgan fingerprint density at radius 3 is 1.51 bits per heavy atom. The molecule has 2 aliphatic rings. The summed E-state index contributed by atoms with van der Waals surface area (Å²) in [5.74, 6) is -0.607. The van der Waals surface area contributed by atoms with Crippen LogP contribution in [0.4, 0.5) is 0 Å². The predicted octanol–water partition coefficient (Wildman–Crippen LogP) is 7.23. The summed E-state index contributed by atoms with van der Waals surface area (Å²) in [5, 5.41) is 11.5. The minimum atomic E-state index is -1.24. The Kier molecular flexibility index (Phi) is 17.6. The Hall–Kier alpha value is -5.09. The molecule has 63 heavy (non-hydrogen) atoms. The summed E-state index contributed by atoms with van der Waals surface area (Å²) >= 11 is 0. The van der Waals surface area contributed by atoms with Gasteiger partial charge in [0.05, 0.1) is 51.8 Å². The van der Waals surface area contributed by atoms with E-state index in [9.17, 15) is 9.90 Å². The van der Waals surface area contributed by atoms with Gasteiger partial charge in [-0.3, -0.25) is 0 Å². The molecule has 7 rings (SSSR count). The van der Waals surface area contributed by atoms with Gasteiger partial charge >= 0.3 is 5.97 Å². The summed E-state index contributed by atoms with van der Waals surface area (Å²) in [6.07, 6.45) is -8.21. The van der Waals surface area contributed by atoms with Crippen LogP contribution in [0.3, 0.4) is 0 Å². The second-order valence-electron chi connectivity index (χ2n) is 15.3. The van der Waals surface area contributed by atoms with E-state index in [0.29, 0.717) is 12.2 Å². The van der Waals surface area contributed by atoms with E-state index in [0.717, 1.165) is 22.3 Å². The molecule has 332 valence electrons. The van der Waals surface area contributed by atoms with Gasteiger partial charge in [-0.15, -0.1) is 6.58 Å². The first kappa shape index (κ1) is 45.9. The van der Waals surface area contributed by atoms with Crippen molar-refractivity contribution in [2.45, 2.75) is 87.8 Å². The van der Waals surface area contributed by atoms with Gasteiger partial charge < -0.3 is 52.5 Å². The summed E-state index contributed by atoms with van der Waals surface area (Å²) < 4.78 is 64.3. The molecule has 0 unspecified atom stereocenters. The largest absolute Gasteiger partial charge is 0.450 e. The molecule has 0 aromatic heterocycles. The van der Waals surface area contributed by atoms with Crippen molar-refractivity contribution in [2.24, 2.45) is 0 Å². The third kappa shape index (κ3) is 13.0. The van der Waals surface area contributed by atoms with Crippen molar-refractivity contribution >= 4 is 5.97 Å². The predicted molar refractivity (Wildman–Crippen MR) is 233 cm³/mol. The number of aliphatic hydroxyl groups excluding tert-OH is 1. The third-order valence-electron chi connectivity index (χ3n) is 10.8. The molecule has 2 heterocycles. The number of ether oxygens (including phenoxy) is 10. The van der Waals surface area contributed by atoms with Crippen molar-refractivity contribution in [1.29, 1.82) is 0 Å². The Morgan fingerprint density at radius 1 is 0.540 bits per heavy atom. The highest BCUT2D eigenvalue weighted by atomic mass is 16.7. The van der Waals surface area contributed by atoms with Crippen LogP contribution < -0.4 is 0 Å². The lowest BCUT2D eigenvalue weighted by Crippen LogP contribution is -2.64. The van der Waals surface area contributed by atoms with Crippen LogP contribution in [0.5, 0.6) is 0 Å². The number of rotatable bonds is 22. The summed E-state index contributed by atoms with van der Waals surface area (Å²) in [6.45, 7) is 4.76. The Balaban J connectivity index is 1.21. The molecular weight excluding hydrogens is 805 g/mol. The molecule has 2 fully saturated rings. The van der Waals surface area contributed by atoms with Gasteiger partial charge in [0.25, 0.3) is 0 Å². The highest BCUT2D eigenvalue weighted by Crippen LogP contribution is 2.34. The molecule has 12 nitrogen and oxygen atoms in total. The van der Waals surface area contributed by atoms with Gasteiger partial charge in [0.15, 0.2) is 18.7 Å². The Morgan fingerprint density at radius 2 is 0.984 bits per heavy atom. The van der Waals surface area contributed by atoms with E-state index in [1.165, 1.54) is 7.11 Å². The van der Waals surface area contributed by atoms with Crippen LogP contribution in [-0.2, 0) is 73.8 Å². The molecule has 2 saturated heterocycles. The first-order valence-corrected chi connectivity index (χ1v) is 21.2.